The predicted octanol–water partition coefficient (Wildman–Crippen LogP) is 8.66. The zero-order chi connectivity index (χ0) is 26.1. The molecule has 39 heavy (non-hydrogen) atoms. The van der Waals surface area contributed by atoms with Gasteiger partial charge in [-0.15, -0.1) is 40.5 Å². The molecule has 0 unspecified atom stereocenters. The summed E-state index contributed by atoms with van der Waals surface area (Å²) in [6.45, 7) is 6.43. The first-order valence-corrected chi connectivity index (χ1v) is 12.9. The van der Waals surface area contributed by atoms with Crippen LogP contribution in [0.1, 0.15) is 16.7 Å². The van der Waals surface area contributed by atoms with Gasteiger partial charge in [0.25, 0.3) is 0 Å². The van der Waals surface area contributed by atoms with Gasteiger partial charge in [-0.1, -0.05) is 97.1 Å². The minimum atomic E-state index is 0. The van der Waals surface area contributed by atoms with Crippen molar-refractivity contribution < 1.29 is 20.1 Å². The van der Waals surface area contributed by atoms with Gasteiger partial charge in [-0.25, -0.2) is 0 Å². The van der Waals surface area contributed by atoms with Crippen LogP contribution in [0.15, 0.2) is 115 Å². The summed E-state index contributed by atoms with van der Waals surface area (Å²) in [4.78, 5) is 0. The largest absolute Gasteiger partial charge is 0.316 e. The molecule has 3 nitrogen and oxygen atoms in total. The fourth-order valence-electron chi connectivity index (χ4n) is 5.21. The molecule has 0 aliphatic carbocycles. The van der Waals surface area contributed by atoms with Crippen LogP contribution in [-0.2, 0) is 20.1 Å². The smallest absolute Gasteiger partial charge is 0.160 e. The fourth-order valence-corrected chi connectivity index (χ4v) is 5.21. The van der Waals surface area contributed by atoms with E-state index in [9.17, 15) is 0 Å². The molecule has 6 rings (SSSR count). The van der Waals surface area contributed by atoms with E-state index >= 15 is 0 Å². The maximum Gasteiger partial charge on any atom is 0.160 e. The first kappa shape index (κ1) is 26.5. The molecule has 0 saturated heterocycles. The van der Waals surface area contributed by atoms with E-state index in [4.69, 9.17) is 10.2 Å². The number of rotatable bonds is 5. The molecule has 0 bridgehead atoms. The van der Waals surface area contributed by atoms with Crippen molar-refractivity contribution in [3.63, 3.8) is 0 Å². The minimum absolute atomic E-state index is 0. The van der Waals surface area contributed by atoms with Gasteiger partial charge in [-0.2, -0.15) is 5.10 Å². The van der Waals surface area contributed by atoms with Crippen molar-refractivity contribution in [2.75, 3.05) is 0 Å². The third-order valence-electron chi connectivity index (χ3n) is 7.08. The average molecular weight is 683 g/mol. The molecule has 5 aromatic carbocycles. The molecule has 1 radical (unpaired) electrons. The molecule has 0 saturated carbocycles. The van der Waals surface area contributed by atoms with Crippen molar-refractivity contribution in [2.24, 2.45) is 0 Å². The zero-order valence-electron chi connectivity index (χ0n) is 22.1. The standard InChI is InChI=1S/C35H28N3.Ir/c1-24-13-7-8-20-30(24)28-18-12-19-29(23-28)34-36-37-35(38(34)33-25(2)14-11-15-26(33)3)32-22-10-9-21-31(32)27-16-5-4-6-17-27;/h4-18,20-23H,1-3H3;/q-1;. The van der Waals surface area contributed by atoms with E-state index in [1.165, 1.54) is 22.3 Å². The Morgan fingerprint density at radius 2 is 1.13 bits per heavy atom. The van der Waals surface area contributed by atoms with Gasteiger partial charge in [0, 0.05) is 31.4 Å². The van der Waals surface area contributed by atoms with E-state index in [1.807, 2.05) is 12.1 Å². The van der Waals surface area contributed by atoms with Gasteiger partial charge in [-0.05, 0) is 54.2 Å². The number of aromatic nitrogens is 3. The Labute approximate surface area is 243 Å². The maximum atomic E-state index is 4.82. The molecule has 0 N–H and O–H groups in total. The molecule has 0 amide bonds. The molecule has 4 heteroatoms. The van der Waals surface area contributed by atoms with Crippen molar-refractivity contribution in [2.45, 2.75) is 20.8 Å². The molecule has 0 aliphatic rings. The average Bonchev–Trinajstić information content (AvgIpc) is 3.38. The van der Waals surface area contributed by atoms with Crippen LogP contribution in [0.5, 0.6) is 0 Å². The minimum Gasteiger partial charge on any atom is -0.316 e. The molecule has 0 fully saturated rings. The number of hydrogen-bond acceptors (Lipinski definition) is 2. The van der Waals surface area contributed by atoms with Crippen LogP contribution in [0.25, 0.3) is 50.7 Å². The van der Waals surface area contributed by atoms with Crippen LogP contribution in [0, 0.1) is 26.8 Å². The Hall–Kier alpha value is -4.11. The van der Waals surface area contributed by atoms with E-state index < -0.39 is 0 Å². The summed E-state index contributed by atoms with van der Waals surface area (Å²) < 4.78 is 2.21. The van der Waals surface area contributed by atoms with Crippen molar-refractivity contribution in [3.8, 4) is 50.7 Å². The van der Waals surface area contributed by atoms with Crippen molar-refractivity contribution in [1.29, 1.82) is 0 Å². The van der Waals surface area contributed by atoms with Gasteiger partial charge in [-0.3, -0.25) is 0 Å². The van der Waals surface area contributed by atoms with Gasteiger partial charge in [0.2, 0.25) is 0 Å². The summed E-state index contributed by atoms with van der Waals surface area (Å²) in [6, 6.07) is 43.4. The van der Waals surface area contributed by atoms with Gasteiger partial charge < -0.3 is 4.57 Å². The summed E-state index contributed by atoms with van der Waals surface area (Å²) in [5.41, 5.74) is 11.2. The van der Waals surface area contributed by atoms with Gasteiger partial charge in [0.15, 0.2) is 5.82 Å². The Balaban J connectivity index is 0.00000308. The van der Waals surface area contributed by atoms with Crippen molar-refractivity contribution in [3.05, 3.63) is 138 Å². The van der Waals surface area contributed by atoms with Crippen molar-refractivity contribution in [1.82, 2.24) is 14.8 Å². The Morgan fingerprint density at radius 1 is 0.538 bits per heavy atom. The van der Waals surface area contributed by atoms with Crippen LogP contribution in [-0.4, -0.2) is 14.8 Å². The Kier molecular flexibility index (Phi) is 7.69. The van der Waals surface area contributed by atoms with E-state index in [-0.39, 0.29) is 20.1 Å². The Bertz CT molecular complexity index is 1730. The molecular formula is C35H28IrN3-. The third kappa shape index (κ3) is 5.02. The van der Waals surface area contributed by atoms with Crippen LogP contribution >= 0.6 is 0 Å². The molecule has 0 spiro atoms. The van der Waals surface area contributed by atoms with Crippen molar-refractivity contribution >= 4 is 0 Å². The number of aryl methyl sites for hydroxylation is 3. The molecule has 1 heterocycles. The van der Waals surface area contributed by atoms with Gasteiger partial charge >= 0.3 is 0 Å². The monoisotopic (exact) mass is 683 g/mol. The summed E-state index contributed by atoms with van der Waals surface area (Å²) in [5, 5.41) is 9.62. The normalized spacial score (nSPS) is 10.7. The molecule has 0 atom stereocenters. The number of para-hydroxylation sites is 1. The third-order valence-corrected chi connectivity index (χ3v) is 7.08. The molecule has 1 aromatic heterocycles. The Morgan fingerprint density at radius 3 is 1.85 bits per heavy atom. The van der Waals surface area contributed by atoms with E-state index in [2.05, 4.69) is 135 Å². The second kappa shape index (κ2) is 11.3. The van der Waals surface area contributed by atoms with Crippen LogP contribution in [0.3, 0.4) is 0 Å². The van der Waals surface area contributed by atoms with Crippen LogP contribution < -0.4 is 0 Å². The van der Waals surface area contributed by atoms with E-state index in [0.29, 0.717) is 0 Å². The molecule has 0 aliphatic heterocycles. The molecule has 6 aromatic rings. The van der Waals surface area contributed by atoms with Gasteiger partial charge in [0.05, 0.1) is 5.82 Å². The first-order valence-electron chi connectivity index (χ1n) is 12.9. The second-order valence-electron chi connectivity index (χ2n) is 9.64. The summed E-state index contributed by atoms with van der Waals surface area (Å²) in [6.07, 6.45) is 0. The molecular weight excluding hydrogens is 655 g/mol. The predicted molar refractivity (Wildman–Crippen MR) is 156 cm³/mol. The molecule has 193 valence electrons. The quantitative estimate of drug-likeness (QED) is 0.171. The van der Waals surface area contributed by atoms with E-state index in [1.54, 1.807) is 0 Å². The number of benzene rings is 5. The van der Waals surface area contributed by atoms with Gasteiger partial charge in [0.1, 0.15) is 0 Å². The second-order valence-corrected chi connectivity index (χ2v) is 9.64. The van der Waals surface area contributed by atoms with E-state index in [0.717, 1.165) is 45.2 Å². The maximum absolute atomic E-state index is 4.82. The first-order chi connectivity index (χ1) is 18.6. The number of hydrogen-bond donors (Lipinski definition) is 0. The zero-order valence-corrected chi connectivity index (χ0v) is 24.5. The summed E-state index contributed by atoms with van der Waals surface area (Å²) >= 11 is 0. The summed E-state index contributed by atoms with van der Waals surface area (Å²) in [7, 11) is 0. The SMILES string of the molecule is Cc1ccccc1-c1cc[c-]c(-c2nnc(-c3ccccc3-c3ccccc3)n2-c2c(C)cccc2C)c1.[Ir]. The van der Waals surface area contributed by atoms with Crippen LogP contribution in [0.2, 0.25) is 0 Å². The fraction of sp³-hybridized carbons (Fsp3) is 0.0857. The topological polar surface area (TPSA) is 30.7 Å². The number of nitrogens with zero attached hydrogens (tertiary/aromatic N) is 3. The van der Waals surface area contributed by atoms with Crippen LogP contribution in [0.4, 0.5) is 0 Å². The summed E-state index contributed by atoms with van der Waals surface area (Å²) in [5.74, 6) is 1.59.